The molecule has 1 saturated carbocycles. The summed E-state index contributed by atoms with van der Waals surface area (Å²) in [7, 11) is 0. The van der Waals surface area contributed by atoms with Crippen LogP contribution in [0, 0.1) is 0 Å². The molecule has 2 aliphatic heterocycles. The fourth-order valence-electron chi connectivity index (χ4n) is 3.61. The molecule has 1 aromatic carbocycles. The number of benzene rings is 1. The van der Waals surface area contributed by atoms with Gasteiger partial charge in [-0.3, -0.25) is 4.68 Å². The summed E-state index contributed by atoms with van der Waals surface area (Å²) in [6, 6.07) is 3.97. The van der Waals surface area contributed by atoms with Gasteiger partial charge in [0.2, 0.25) is 0 Å². The highest BCUT2D eigenvalue weighted by Crippen LogP contribution is 2.56. The van der Waals surface area contributed by atoms with Crippen LogP contribution in [-0.4, -0.2) is 34.8 Å². The van der Waals surface area contributed by atoms with E-state index in [-0.39, 0.29) is 11.6 Å². The Morgan fingerprint density at radius 2 is 2.23 bits per heavy atom. The van der Waals surface area contributed by atoms with Gasteiger partial charge in [-0.15, -0.1) is 0 Å². The van der Waals surface area contributed by atoms with E-state index in [1.807, 2.05) is 36.9 Å². The molecule has 6 heteroatoms. The third kappa shape index (κ3) is 2.00. The van der Waals surface area contributed by atoms with E-state index in [9.17, 15) is 4.39 Å². The Morgan fingerprint density at radius 1 is 1.45 bits per heavy atom. The maximum atomic E-state index is 13.1. The molecule has 3 aliphatic rings. The Balaban J connectivity index is 1.70. The van der Waals surface area contributed by atoms with Crippen molar-refractivity contribution in [3.8, 4) is 5.75 Å². The van der Waals surface area contributed by atoms with E-state index >= 15 is 0 Å². The SMILES string of the molecule is CC(C)Oc1cc2nn(C34COC(CF)(C3)C4)cc2cc1Br. The molecule has 22 heavy (non-hydrogen) atoms. The molecule has 2 aromatic rings. The van der Waals surface area contributed by atoms with Crippen LogP contribution in [0.2, 0.25) is 0 Å². The van der Waals surface area contributed by atoms with Gasteiger partial charge in [-0.2, -0.15) is 5.10 Å². The second kappa shape index (κ2) is 4.68. The monoisotopic (exact) mass is 368 g/mol. The maximum absolute atomic E-state index is 13.1. The Hall–Kier alpha value is -1.14. The number of halogens is 2. The molecule has 2 bridgehead atoms. The van der Waals surface area contributed by atoms with Crippen molar-refractivity contribution in [2.24, 2.45) is 0 Å². The molecule has 0 atom stereocenters. The first kappa shape index (κ1) is 14.5. The van der Waals surface area contributed by atoms with Gasteiger partial charge in [0.05, 0.1) is 28.2 Å². The van der Waals surface area contributed by atoms with Crippen molar-refractivity contribution in [3.63, 3.8) is 0 Å². The molecular formula is C16H18BrFN2O2. The second-order valence-electron chi connectivity index (χ2n) is 6.76. The van der Waals surface area contributed by atoms with Crippen molar-refractivity contribution in [1.82, 2.24) is 9.78 Å². The number of fused-ring (bicyclic) bond motifs is 2. The Labute approximate surface area is 136 Å². The minimum absolute atomic E-state index is 0.106. The summed E-state index contributed by atoms with van der Waals surface area (Å²) < 4.78 is 27.4. The summed E-state index contributed by atoms with van der Waals surface area (Å²) in [6.45, 7) is 4.12. The zero-order valence-corrected chi connectivity index (χ0v) is 14.2. The molecular weight excluding hydrogens is 351 g/mol. The quantitative estimate of drug-likeness (QED) is 0.822. The van der Waals surface area contributed by atoms with Crippen molar-refractivity contribution in [2.75, 3.05) is 13.3 Å². The zero-order valence-electron chi connectivity index (χ0n) is 12.6. The van der Waals surface area contributed by atoms with Crippen molar-refractivity contribution in [2.45, 2.75) is 43.9 Å². The zero-order chi connectivity index (χ0) is 15.5. The number of alkyl halides is 1. The number of ether oxygens (including phenoxy) is 2. The standard InChI is InChI=1S/C16H18BrFN2O2/c1-10(2)22-14-4-13-11(3-12(14)17)5-20(19-13)15-6-16(7-15,8-18)21-9-15/h3-5,10H,6-9H2,1-2H3. The summed E-state index contributed by atoms with van der Waals surface area (Å²) in [6.07, 6.45) is 3.55. The first-order chi connectivity index (χ1) is 10.5. The summed E-state index contributed by atoms with van der Waals surface area (Å²) in [5, 5.41) is 5.74. The number of aromatic nitrogens is 2. The van der Waals surface area contributed by atoms with Gasteiger partial charge in [0.15, 0.2) is 0 Å². The molecule has 0 unspecified atom stereocenters. The Morgan fingerprint density at radius 3 is 2.86 bits per heavy atom. The topological polar surface area (TPSA) is 36.3 Å². The van der Waals surface area contributed by atoms with Crippen molar-refractivity contribution in [3.05, 3.63) is 22.8 Å². The van der Waals surface area contributed by atoms with Crippen LogP contribution in [0.1, 0.15) is 26.7 Å². The molecule has 3 heterocycles. The average Bonchev–Trinajstić information content (AvgIpc) is 3.08. The summed E-state index contributed by atoms with van der Waals surface area (Å²) >= 11 is 3.55. The normalized spacial score (nSPS) is 30.0. The molecule has 1 aromatic heterocycles. The van der Waals surface area contributed by atoms with Crippen LogP contribution in [0.25, 0.3) is 10.9 Å². The highest BCUT2D eigenvalue weighted by Gasteiger charge is 2.64. The Bertz CT molecular complexity index is 737. The van der Waals surface area contributed by atoms with Gasteiger partial charge in [0, 0.05) is 30.5 Å². The summed E-state index contributed by atoms with van der Waals surface area (Å²) in [5.74, 6) is 0.791. The van der Waals surface area contributed by atoms with E-state index in [1.54, 1.807) is 0 Å². The van der Waals surface area contributed by atoms with E-state index in [0.717, 1.165) is 21.1 Å². The average molecular weight is 369 g/mol. The Kier molecular flexibility index (Phi) is 3.07. The highest BCUT2D eigenvalue weighted by molar-refractivity contribution is 9.10. The summed E-state index contributed by atoms with van der Waals surface area (Å²) in [5.41, 5.74) is 0.166. The van der Waals surface area contributed by atoms with Crippen LogP contribution in [0.5, 0.6) is 5.75 Å². The lowest BCUT2D eigenvalue weighted by molar-refractivity contribution is -0.0336. The molecule has 0 N–H and O–H groups in total. The molecule has 2 saturated heterocycles. The van der Waals surface area contributed by atoms with Gasteiger partial charge in [0.25, 0.3) is 0 Å². The van der Waals surface area contributed by atoms with E-state index in [0.29, 0.717) is 19.4 Å². The summed E-state index contributed by atoms with van der Waals surface area (Å²) in [4.78, 5) is 0. The minimum Gasteiger partial charge on any atom is -0.490 e. The highest BCUT2D eigenvalue weighted by atomic mass is 79.9. The van der Waals surface area contributed by atoms with Gasteiger partial charge in [-0.25, -0.2) is 4.39 Å². The molecule has 4 nitrogen and oxygen atoms in total. The third-order valence-electron chi connectivity index (χ3n) is 4.60. The number of rotatable bonds is 4. The second-order valence-corrected chi connectivity index (χ2v) is 7.62. The van der Waals surface area contributed by atoms with E-state index in [4.69, 9.17) is 14.6 Å². The van der Waals surface area contributed by atoms with Gasteiger partial charge in [-0.05, 0) is 35.8 Å². The van der Waals surface area contributed by atoms with Crippen molar-refractivity contribution < 1.29 is 13.9 Å². The first-order valence-electron chi connectivity index (χ1n) is 7.51. The fourth-order valence-corrected chi connectivity index (χ4v) is 4.07. The van der Waals surface area contributed by atoms with Crippen molar-refractivity contribution in [1.29, 1.82) is 0 Å². The molecule has 0 spiro atoms. The smallest absolute Gasteiger partial charge is 0.136 e. The van der Waals surface area contributed by atoms with Crippen LogP contribution in [0.15, 0.2) is 22.8 Å². The van der Waals surface area contributed by atoms with E-state index < -0.39 is 12.3 Å². The van der Waals surface area contributed by atoms with Gasteiger partial charge in [0.1, 0.15) is 18.0 Å². The maximum Gasteiger partial charge on any atom is 0.136 e. The molecule has 118 valence electrons. The lowest BCUT2D eigenvalue weighted by Crippen LogP contribution is -2.52. The molecule has 5 rings (SSSR count). The van der Waals surface area contributed by atoms with Crippen LogP contribution >= 0.6 is 15.9 Å². The molecule has 0 radical (unpaired) electrons. The molecule has 1 aliphatic carbocycles. The van der Waals surface area contributed by atoms with Gasteiger partial charge in [-0.1, -0.05) is 0 Å². The van der Waals surface area contributed by atoms with E-state index in [1.165, 1.54) is 0 Å². The van der Waals surface area contributed by atoms with Crippen molar-refractivity contribution >= 4 is 26.8 Å². The third-order valence-corrected chi connectivity index (χ3v) is 5.22. The van der Waals surface area contributed by atoms with Crippen LogP contribution in [0.4, 0.5) is 4.39 Å². The predicted molar refractivity (Wildman–Crippen MR) is 85.1 cm³/mol. The minimum atomic E-state index is -0.551. The number of hydrogen-bond donors (Lipinski definition) is 0. The first-order valence-corrected chi connectivity index (χ1v) is 8.31. The van der Waals surface area contributed by atoms with Gasteiger partial charge >= 0.3 is 0 Å². The predicted octanol–water partition coefficient (Wildman–Crippen LogP) is 3.81. The molecule has 0 amide bonds. The number of nitrogens with zero attached hydrogens (tertiary/aromatic N) is 2. The van der Waals surface area contributed by atoms with Crippen LogP contribution < -0.4 is 4.74 Å². The molecule has 3 fully saturated rings. The lowest BCUT2D eigenvalue weighted by atomic mass is 9.69. The van der Waals surface area contributed by atoms with Crippen LogP contribution in [-0.2, 0) is 10.3 Å². The number of hydrogen-bond acceptors (Lipinski definition) is 3. The van der Waals surface area contributed by atoms with Crippen LogP contribution in [0.3, 0.4) is 0 Å². The van der Waals surface area contributed by atoms with E-state index in [2.05, 4.69) is 15.9 Å². The fraction of sp³-hybridized carbons (Fsp3) is 0.562. The lowest BCUT2D eigenvalue weighted by Gasteiger charge is -2.42. The largest absolute Gasteiger partial charge is 0.490 e. The van der Waals surface area contributed by atoms with Gasteiger partial charge < -0.3 is 9.47 Å².